The molecule has 1 aliphatic heterocycles. The molecule has 0 spiro atoms. The van der Waals surface area contributed by atoms with E-state index in [9.17, 15) is 4.79 Å². The van der Waals surface area contributed by atoms with Crippen molar-refractivity contribution in [2.24, 2.45) is 5.73 Å². The Morgan fingerprint density at radius 2 is 2.09 bits per heavy atom. The van der Waals surface area contributed by atoms with Crippen molar-refractivity contribution in [3.63, 3.8) is 0 Å². The predicted molar refractivity (Wildman–Crippen MR) is 83.2 cm³/mol. The lowest BCUT2D eigenvalue weighted by atomic mass is 10.1. The van der Waals surface area contributed by atoms with Crippen LogP contribution in [-0.4, -0.2) is 41.7 Å². The van der Waals surface area contributed by atoms with E-state index < -0.39 is 6.04 Å². The van der Waals surface area contributed by atoms with Crippen LogP contribution in [0.5, 0.6) is 0 Å². The van der Waals surface area contributed by atoms with Gasteiger partial charge >= 0.3 is 0 Å². The Bertz CT molecular complexity index is 662. The van der Waals surface area contributed by atoms with Crippen molar-refractivity contribution < 1.29 is 9.53 Å². The third-order valence-corrected chi connectivity index (χ3v) is 3.91. The van der Waals surface area contributed by atoms with Gasteiger partial charge in [0, 0.05) is 25.6 Å². The van der Waals surface area contributed by atoms with E-state index in [0.717, 1.165) is 11.3 Å². The van der Waals surface area contributed by atoms with Gasteiger partial charge in [-0.25, -0.2) is 4.98 Å². The van der Waals surface area contributed by atoms with Crippen LogP contribution in [0.4, 0.5) is 5.82 Å². The van der Waals surface area contributed by atoms with Crippen LogP contribution in [0.2, 0.25) is 0 Å². The Morgan fingerprint density at radius 3 is 2.77 bits per heavy atom. The van der Waals surface area contributed by atoms with Crippen LogP contribution in [0.3, 0.4) is 0 Å². The third-order valence-electron chi connectivity index (χ3n) is 3.91. The largest absolute Gasteiger partial charge is 0.380 e. The second-order valence-electron chi connectivity index (χ2n) is 5.29. The molecule has 2 N–H and O–H groups in total. The third kappa shape index (κ3) is 2.78. The molecule has 22 heavy (non-hydrogen) atoms. The Hall–Kier alpha value is -2.47. The summed E-state index contributed by atoms with van der Waals surface area (Å²) in [5.74, 6) is 0.274. The van der Waals surface area contributed by atoms with Gasteiger partial charge in [-0.15, -0.1) is 0 Å². The van der Waals surface area contributed by atoms with Gasteiger partial charge in [0.15, 0.2) is 0 Å². The molecule has 0 unspecified atom stereocenters. The zero-order valence-electron chi connectivity index (χ0n) is 12.3. The van der Waals surface area contributed by atoms with Crippen LogP contribution in [0.25, 0.3) is 11.3 Å². The quantitative estimate of drug-likeness (QED) is 0.918. The molecule has 0 radical (unpaired) electrons. The fourth-order valence-corrected chi connectivity index (χ4v) is 2.73. The van der Waals surface area contributed by atoms with E-state index in [1.807, 2.05) is 35.2 Å². The summed E-state index contributed by atoms with van der Waals surface area (Å²) in [4.78, 5) is 22.4. The number of rotatable bonds is 4. The number of nitrogens with zero attached hydrogens (tertiary/aromatic N) is 3. The number of methoxy groups -OCH3 is 1. The zero-order valence-corrected chi connectivity index (χ0v) is 12.3. The van der Waals surface area contributed by atoms with Crippen molar-refractivity contribution in [1.29, 1.82) is 0 Å². The first kappa shape index (κ1) is 14.5. The molecule has 1 aromatic carbocycles. The summed E-state index contributed by atoms with van der Waals surface area (Å²) in [5.41, 5.74) is 7.25. The van der Waals surface area contributed by atoms with Crippen molar-refractivity contribution >= 4 is 11.7 Å². The van der Waals surface area contributed by atoms with Crippen molar-refractivity contribution in [3.05, 3.63) is 42.7 Å². The standard InChI is InChI=1S/C16H18N4O2/c1-22-12-7-14(16(17)21)20(10-12)15-9-18-8-13(19-15)11-5-3-2-4-6-11/h2-6,8-9,12,14H,7,10H2,1H3,(H2,17,21)/t12-,14-/m0/s1. The molecule has 2 atom stereocenters. The molecule has 1 amide bonds. The number of amides is 1. The summed E-state index contributed by atoms with van der Waals surface area (Å²) < 4.78 is 5.36. The first-order valence-electron chi connectivity index (χ1n) is 7.15. The molecule has 0 bridgehead atoms. The van der Waals surface area contributed by atoms with Crippen molar-refractivity contribution in [2.45, 2.75) is 18.6 Å². The van der Waals surface area contributed by atoms with Crippen LogP contribution < -0.4 is 10.6 Å². The SMILES string of the molecule is CO[C@H]1C[C@@H](C(N)=O)N(c2cncc(-c3ccccc3)n2)C1. The van der Waals surface area contributed by atoms with E-state index in [0.29, 0.717) is 18.8 Å². The first-order valence-corrected chi connectivity index (χ1v) is 7.15. The van der Waals surface area contributed by atoms with Gasteiger partial charge in [0.1, 0.15) is 11.9 Å². The fraction of sp³-hybridized carbons (Fsp3) is 0.312. The number of aromatic nitrogens is 2. The maximum Gasteiger partial charge on any atom is 0.240 e. The van der Waals surface area contributed by atoms with E-state index in [2.05, 4.69) is 9.97 Å². The number of hydrogen-bond acceptors (Lipinski definition) is 5. The molecule has 6 nitrogen and oxygen atoms in total. The minimum absolute atomic E-state index is 0.0281. The van der Waals surface area contributed by atoms with Gasteiger partial charge in [0.2, 0.25) is 5.91 Å². The first-order chi connectivity index (χ1) is 10.7. The Labute approximate surface area is 128 Å². The molecule has 0 saturated carbocycles. The second kappa shape index (κ2) is 6.11. The van der Waals surface area contributed by atoms with Crippen molar-refractivity contribution in [2.75, 3.05) is 18.6 Å². The summed E-state index contributed by atoms with van der Waals surface area (Å²) in [6.07, 6.45) is 3.91. The van der Waals surface area contributed by atoms with Gasteiger partial charge in [-0.1, -0.05) is 30.3 Å². The summed E-state index contributed by atoms with van der Waals surface area (Å²) in [5, 5.41) is 0. The van der Waals surface area contributed by atoms with Gasteiger partial charge in [-0.05, 0) is 0 Å². The number of primary amides is 1. The Balaban J connectivity index is 1.93. The summed E-state index contributed by atoms with van der Waals surface area (Å²) in [6.45, 7) is 0.580. The van der Waals surface area contributed by atoms with Crippen LogP contribution in [-0.2, 0) is 9.53 Å². The number of carbonyl (C=O) groups is 1. The molecule has 2 aromatic rings. The highest BCUT2D eigenvalue weighted by molar-refractivity contribution is 5.84. The van der Waals surface area contributed by atoms with Crippen LogP contribution in [0, 0.1) is 0 Å². The molecule has 3 rings (SSSR count). The molecule has 114 valence electrons. The van der Waals surface area contributed by atoms with E-state index in [4.69, 9.17) is 10.5 Å². The monoisotopic (exact) mass is 298 g/mol. The molecule has 1 saturated heterocycles. The van der Waals surface area contributed by atoms with Crippen LogP contribution >= 0.6 is 0 Å². The van der Waals surface area contributed by atoms with Gasteiger partial charge in [0.25, 0.3) is 0 Å². The van der Waals surface area contributed by atoms with Gasteiger partial charge < -0.3 is 15.4 Å². The van der Waals surface area contributed by atoms with Crippen LogP contribution in [0.1, 0.15) is 6.42 Å². The van der Waals surface area contributed by atoms with Gasteiger partial charge in [-0.2, -0.15) is 0 Å². The Kier molecular flexibility index (Phi) is 4.02. The van der Waals surface area contributed by atoms with E-state index in [-0.39, 0.29) is 12.0 Å². The predicted octanol–water partition coefficient (Wildman–Crippen LogP) is 1.22. The average Bonchev–Trinajstić information content (AvgIpc) is 3.00. The highest BCUT2D eigenvalue weighted by atomic mass is 16.5. The topological polar surface area (TPSA) is 81.3 Å². The smallest absolute Gasteiger partial charge is 0.240 e. The van der Waals surface area contributed by atoms with E-state index >= 15 is 0 Å². The highest BCUT2D eigenvalue weighted by Crippen LogP contribution is 2.27. The molecule has 1 aromatic heterocycles. The molecule has 1 fully saturated rings. The zero-order chi connectivity index (χ0) is 15.5. The highest BCUT2D eigenvalue weighted by Gasteiger charge is 2.36. The fourth-order valence-electron chi connectivity index (χ4n) is 2.73. The minimum atomic E-state index is -0.412. The summed E-state index contributed by atoms with van der Waals surface area (Å²) in [7, 11) is 1.64. The second-order valence-corrected chi connectivity index (χ2v) is 5.29. The van der Waals surface area contributed by atoms with Crippen molar-refractivity contribution in [1.82, 2.24) is 9.97 Å². The number of benzene rings is 1. The molecule has 6 heteroatoms. The molecular formula is C16H18N4O2. The lowest BCUT2D eigenvalue weighted by Gasteiger charge is -2.23. The van der Waals surface area contributed by atoms with E-state index in [1.54, 1.807) is 19.5 Å². The number of carbonyl (C=O) groups excluding carboxylic acids is 1. The minimum Gasteiger partial charge on any atom is -0.380 e. The van der Waals surface area contributed by atoms with E-state index in [1.165, 1.54) is 0 Å². The van der Waals surface area contributed by atoms with Crippen LogP contribution in [0.15, 0.2) is 42.7 Å². The summed E-state index contributed by atoms with van der Waals surface area (Å²) >= 11 is 0. The summed E-state index contributed by atoms with van der Waals surface area (Å²) in [6, 6.07) is 9.39. The van der Waals surface area contributed by atoms with Gasteiger partial charge in [-0.3, -0.25) is 9.78 Å². The number of ether oxygens (including phenoxy) is 1. The van der Waals surface area contributed by atoms with Crippen molar-refractivity contribution in [3.8, 4) is 11.3 Å². The maximum atomic E-state index is 11.7. The lowest BCUT2D eigenvalue weighted by Crippen LogP contribution is -2.40. The molecule has 1 aliphatic rings. The molecule has 2 heterocycles. The lowest BCUT2D eigenvalue weighted by molar-refractivity contribution is -0.119. The Morgan fingerprint density at radius 1 is 1.32 bits per heavy atom. The molecular weight excluding hydrogens is 280 g/mol. The maximum absolute atomic E-state index is 11.7. The number of hydrogen-bond donors (Lipinski definition) is 1. The number of anilines is 1. The van der Waals surface area contributed by atoms with Gasteiger partial charge in [0.05, 0.1) is 24.2 Å². The normalized spacial score (nSPS) is 21.0. The average molecular weight is 298 g/mol. The molecule has 0 aliphatic carbocycles. The number of nitrogens with two attached hydrogens (primary N) is 1.